The largest absolute Gasteiger partial charge is 0.497 e. The fourth-order valence-electron chi connectivity index (χ4n) is 3.25. The van der Waals surface area contributed by atoms with Gasteiger partial charge >= 0.3 is 0 Å². The van der Waals surface area contributed by atoms with E-state index in [-0.39, 0.29) is 5.91 Å². The van der Waals surface area contributed by atoms with E-state index < -0.39 is 0 Å². The molecule has 0 bridgehead atoms. The summed E-state index contributed by atoms with van der Waals surface area (Å²) in [5.74, 6) is 0.648. The molecule has 2 aromatic heterocycles. The predicted octanol–water partition coefficient (Wildman–Crippen LogP) is 4.22. The number of amides is 1. The van der Waals surface area contributed by atoms with Crippen LogP contribution in [0.25, 0.3) is 16.9 Å². The number of benzene rings is 2. The van der Waals surface area contributed by atoms with Crippen molar-refractivity contribution in [2.45, 2.75) is 6.54 Å². The molecule has 1 amide bonds. The molecular weight excluding hydrogens is 376 g/mol. The van der Waals surface area contributed by atoms with Gasteiger partial charge in [0.2, 0.25) is 0 Å². The zero-order valence-corrected chi connectivity index (χ0v) is 16.9. The Morgan fingerprint density at radius 2 is 1.80 bits per heavy atom. The minimum Gasteiger partial charge on any atom is -0.497 e. The summed E-state index contributed by atoms with van der Waals surface area (Å²) in [5, 5.41) is 4.73. The Labute approximate surface area is 175 Å². The molecule has 6 heteroatoms. The number of para-hydroxylation sites is 1. The van der Waals surface area contributed by atoms with Gasteiger partial charge in [-0.3, -0.25) is 9.78 Å². The smallest absolute Gasteiger partial charge is 0.257 e. The summed E-state index contributed by atoms with van der Waals surface area (Å²) in [6.45, 7) is 0.464. The maximum atomic E-state index is 13.3. The van der Waals surface area contributed by atoms with Crippen molar-refractivity contribution in [3.8, 4) is 22.7 Å². The van der Waals surface area contributed by atoms with Gasteiger partial charge in [-0.2, -0.15) is 5.10 Å². The van der Waals surface area contributed by atoms with Crippen LogP contribution in [0.15, 0.2) is 85.3 Å². The molecule has 0 aliphatic rings. The van der Waals surface area contributed by atoms with Crippen LogP contribution < -0.4 is 4.74 Å². The quantitative estimate of drug-likeness (QED) is 0.488. The fraction of sp³-hybridized carbons (Fsp3) is 0.125. The highest BCUT2D eigenvalue weighted by molar-refractivity contribution is 5.99. The zero-order valence-electron chi connectivity index (χ0n) is 16.9. The van der Waals surface area contributed by atoms with Crippen LogP contribution in [-0.2, 0) is 6.54 Å². The molecule has 150 valence electrons. The van der Waals surface area contributed by atoms with E-state index in [0.29, 0.717) is 17.8 Å². The molecule has 0 saturated heterocycles. The number of ether oxygens (including phenoxy) is 1. The summed E-state index contributed by atoms with van der Waals surface area (Å²) < 4.78 is 7.00. The monoisotopic (exact) mass is 398 g/mol. The molecule has 4 aromatic rings. The van der Waals surface area contributed by atoms with Gasteiger partial charge in [0.15, 0.2) is 0 Å². The topological polar surface area (TPSA) is 60.3 Å². The molecule has 0 N–H and O–H groups in total. The van der Waals surface area contributed by atoms with Gasteiger partial charge in [-0.05, 0) is 48.0 Å². The third-order valence-corrected chi connectivity index (χ3v) is 4.82. The molecule has 0 radical (unpaired) electrons. The number of pyridine rings is 1. The Balaban J connectivity index is 1.72. The van der Waals surface area contributed by atoms with Gasteiger partial charge in [-0.1, -0.05) is 24.3 Å². The van der Waals surface area contributed by atoms with Crippen molar-refractivity contribution in [3.05, 3.63) is 96.4 Å². The highest BCUT2D eigenvalue weighted by atomic mass is 16.5. The highest BCUT2D eigenvalue weighted by Gasteiger charge is 2.22. The number of rotatable bonds is 6. The Bertz CT molecular complexity index is 1120. The lowest BCUT2D eigenvalue weighted by Crippen LogP contribution is -2.26. The van der Waals surface area contributed by atoms with E-state index in [4.69, 9.17) is 9.84 Å². The van der Waals surface area contributed by atoms with Crippen LogP contribution in [-0.4, -0.2) is 39.7 Å². The molecule has 0 aliphatic heterocycles. The molecule has 4 rings (SSSR count). The Hall–Kier alpha value is -3.93. The molecule has 0 aliphatic carbocycles. The highest BCUT2D eigenvalue weighted by Crippen LogP contribution is 2.27. The first-order valence-electron chi connectivity index (χ1n) is 9.59. The average molecular weight is 398 g/mol. The SMILES string of the molecule is COc1ccc(-c2nn(-c3ccccc3)cc2C(=O)N(C)Cc2cccnc2)cc1. The molecule has 2 aromatic carbocycles. The first-order valence-corrected chi connectivity index (χ1v) is 9.59. The van der Waals surface area contributed by atoms with Gasteiger partial charge < -0.3 is 9.64 Å². The van der Waals surface area contributed by atoms with Crippen molar-refractivity contribution >= 4 is 5.91 Å². The Morgan fingerprint density at radius 3 is 2.47 bits per heavy atom. The van der Waals surface area contributed by atoms with Crippen LogP contribution in [0.2, 0.25) is 0 Å². The van der Waals surface area contributed by atoms with E-state index in [1.807, 2.05) is 66.7 Å². The van der Waals surface area contributed by atoms with Crippen molar-refractivity contribution in [1.29, 1.82) is 0 Å². The van der Waals surface area contributed by atoms with Crippen LogP contribution in [0.1, 0.15) is 15.9 Å². The van der Waals surface area contributed by atoms with Crippen molar-refractivity contribution in [1.82, 2.24) is 19.7 Å². The number of hydrogen-bond acceptors (Lipinski definition) is 4. The Morgan fingerprint density at radius 1 is 1.03 bits per heavy atom. The average Bonchev–Trinajstić information content (AvgIpc) is 3.25. The summed E-state index contributed by atoms with van der Waals surface area (Å²) in [5.41, 5.74) is 3.87. The van der Waals surface area contributed by atoms with Gasteiger partial charge in [-0.25, -0.2) is 4.68 Å². The van der Waals surface area contributed by atoms with Crippen LogP contribution in [0.3, 0.4) is 0 Å². The fourth-order valence-corrected chi connectivity index (χ4v) is 3.25. The van der Waals surface area contributed by atoms with Crippen molar-refractivity contribution < 1.29 is 9.53 Å². The van der Waals surface area contributed by atoms with E-state index >= 15 is 0 Å². The standard InChI is InChI=1S/C24H22N4O2/c1-27(16-18-7-6-14-25-15-18)24(29)22-17-28(20-8-4-3-5-9-20)26-23(22)19-10-12-21(30-2)13-11-19/h3-15,17H,16H2,1-2H3. The number of carbonyl (C=O) groups excluding carboxylic acids is 1. The molecule has 0 spiro atoms. The number of hydrogen-bond donors (Lipinski definition) is 0. The van der Waals surface area contributed by atoms with Gasteiger partial charge in [-0.15, -0.1) is 0 Å². The minimum absolute atomic E-state index is 0.105. The predicted molar refractivity (Wildman–Crippen MR) is 116 cm³/mol. The lowest BCUT2D eigenvalue weighted by molar-refractivity contribution is 0.0785. The second-order valence-electron chi connectivity index (χ2n) is 6.92. The van der Waals surface area contributed by atoms with Gasteiger partial charge in [0.1, 0.15) is 11.4 Å². The first-order chi connectivity index (χ1) is 14.7. The van der Waals surface area contributed by atoms with E-state index in [0.717, 1.165) is 22.6 Å². The third kappa shape index (κ3) is 4.07. The second-order valence-corrected chi connectivity index (χ2v) is 6.92. The van der Waals surface area contributed by atoms with Crippen LogP contribution in [0.4, 0.5) is 0 Å². The minimum atomic E-state index is -0.105. The van der Waals surface area contributed by atoms with Crippen LogP contribution in [0, 0.1) is 0 Å². The maximum Gasteiger partial charge on any atom is 0.257 e. The molecule has 6 nitrogen and oxygen atoms in total. The summed E-state index contributed by atoms with van der Waals surface area (Å²) in [6.07, 6.45) is 5.27. The molecule has 0 atom stereocenters. The maximum absolute atomic E-state index is 13.3. The molecule has 0 saturated carbocycles. The summed E-state index contributed by atoms with van der Waals surface area (Å²) in [6, 6.07) is 21.1. The third-order valence-electron chi connectivity index (χ3n) is 4.82. The van der Waals surface area contributed by atoms with Gasteiger partial charge in [0.25, 0.3) is 5.91 Å². The molecular formula is C24H22N4O2. The number of nitrogens with zero attached hydrogens (tertiary/aromatic N) is 4. The summed E-state index contributed by atoms with van der Waals surface area (Å²) >= 11 is 0. The van der Waals surface area contributed by atoms with Gasteiger partial charge in [0, 0.05) is 37.7 Å². The molecule has 30 heavy (non-hydrogen) atoms. The first kappa shape index (κ1) is 19.4. The lowest BCUT2D eigenvalue weighted by Gasteiger charge is -2.17. The van der Waals surface area contributed by atoms with E-state index in [2.05, 4.69) is 4.98 Å². The van der Waals surface area contributed by atoms with Crippen LogP contribution >= 0.6 is 0 Å². The lowest BCUT2D eigenvalue weighted by atomic mass is 10.1. The number of carbonyl (C=O) groups is 1. The second kappa shape index (κ2) is 8.61. The van der Waals surface area contributed by atoms with E-state index in [9.17, 15) is 4.79 Å². The molecule has 0 unspecified atom stereocenters. The number of aromatic nitrogens is 3. The Kier molecular flexibility index (Phi) is 5.57. The summed E-state index contributed by atoms with van der Waals surface area (Å²) in [7, 11) is 3.41. The molecule has 2 heterocycles. The summed E-state index contributed by atoms with van der Waals surface area (Å²) in [4.78, 5) is 19.1. The zero-order chi connectivity index (χ0) is 20.9. The van der Waals surface area contributed by atoms with Crippen molar-refractivity contribution in [2.24, 2.45) is 0 Å². The van der Waals surface area contributed by atoms with Crippen LogP contribution in [0.5, 0.6) is 5.75 Å². The normalized spacial score (nSPS) is 10.6. The van der Waals surface area contributed by atoms with Crippen molar-refractivity contribution in [2.75, 3.05) is 14.2 Å². The van der Waals surface area contributed by atoms with E-state index in [1.165, 1.54) is 0 Å². The molecule has 0 fully saturated rings. The van der Waals surface area contributed by atoms with Gasteiger partial charge in [0.05, 0.1) is 18.4 Å². The van der Waals surface area contributed by atoms with Crippen molar-refractivity contribution in [3.63, 3.8) is 0 Å². The number of methoxy groups -OCH3 is 1. The van der Waals surface area contributed by atoms with E-state index in [1.54, 1.807) is 42.3 Å².